The van der Waals surface area contributed by atoms with Crippen molar-refractivity contribution >= 4 is 17.5 Å². The molecule has 0 spiro atoms. The van der Waals surface area contributed by atoms with Crippen LogP contribution in [-0.4, -0.2) is 47.2 Å². The summed E-state index contributed by atoms with van der Waals surface area (Å²) in [4.78, 5) is 14.4. The first-order chi connectivity index (χ1) is 9.11. The first-order valence-corrected chi connectivity index (χ1v) is 6.10. The number of hydrazine groups is 1. The molecule has 0 radical (unpaired) electrons. The standard InChI is InChI=1S/C13H18N4O2/c1-10(11-3-2-4-12(9-11)15-14)16-5-7-17(8-6-16)13(18)19/h2-4,9,15H,1,5-8,14H2,(H,18,19). The van der Waals surface area contributed by atoms with Crippen molar-refractivity contribution < 1.29 is 9.90 Å². The van der Waals surface area contributed by atoms with Crippen LogP contribution in [0.4, 0.5) is 10.5 Å². The van der Waals surface area contributed by atoms with E-state index in [1.807, 2.05) is 24.3 Å². The Morgan fingerprint density at radius 1 is 1.26 bits per heavy atom. The number of amides is 1. The number of nitrogens with zero attached hydrogens (tertiary/aromatic N) is 2. The van der Waals surface area contributed by atoms with Gasteiger partial charge in [-0.3, -0.25) is 5.84 Å². The number of anilines is 1. The van der Waals surface area contributed by atoms with Gasteiger partial charge in [0, 0.05) is 37.6 Å². The van der Waals surface area contributed by atoms with Gasteiger partial charge in [-0.2, -0.15) is 0 Å². The Labute approximate surface area is 112 Å². The van der Waals surface area contributed by atoms with Crippen LogP contribution >= 0.6 is 0 Å². The molecule has 1 saturated heterocycles. The molecule has 1 aromatic carbocycles. The van der Waals surface area contributed by atoms with Gasteiger partial charge in [-0.1, -0.05) is 18.7 Å². The summed E-state index contributed by atoms with van der Waals surface area (Å²) in [5, 5.41) is 8.91. The van der Waals surface area contributed by atoms with E-state index in [0.717, 1.165) is 16.9 Å². The minimum atomic E-state index is -0.861. The Hall–Kier alpha value is -2.21. The highest BCUT2D eigenvalue weighted by molar-refractivity contribution is 5.67. The monoisotopic (exact) mass is 262 g/mol. The summed E-state index contributed by atoms with van der Waals surface area (Å²) in [7, 11) is 0. The Kier molecular flexibility index (Phi) is 3.91. The van der Waals surface area contributed by atoms with Gasteiger partial charge in [0.1, 0.15) is 0 Å². The van der Waals surface area contributed by atoms with Crippen LogP contribution in [0.1, 0.15) is 5.56 Å². The zero-order chi connectivity index (χ0) is 13.8. The van der Waals surface area contributed by atoms with Crippen LogP contribution in [0.2, 0.25) is 0 Å². The van der Waals surface area contributed by atoms with Crippen molar-refractivity contribution in [2.45, 2.75) is 0 Å². The number of hydrogen-bond donors (Lipinski definition) is 3. The van der Waals surface area contributed by atoms with Crippen molar-refractivity contribution in [2.75, 3.05) is 31.6 Å². The van der Waals surface area contributed by atoms with E-state index in [1.54, 1.807) is 0 Å². The van der Waals surface area contributed by atoms with Gasteiger partial charge in [-0.15, -0.1) is 0 Å². The first-order valence-electron chi connectivity index (χ1n) is 6.10. The average molecular weight is 262 g/mol. The number of nitrogens with one attached hydrogen (secondary N) is 1. The van der Waals surface area contributed by atoms with Gasteiger partial charge in [0.2, 0.25) is 0 Å². The lowest BCUT2D eigenvalue weighted by atomic mass is 10.1. The number of hydrogen-bond acceptors (Lipinski definition) is 4. The molecule has 0 atom stereocenters. The van der Waals surface area contributed by atoms with Crippen LogP contribution in [0, 0.1) is 0 Å². The minimum Gasteiger partial charge on any atom is -0.465 e. The SMILES string of the molecule is C=C(c1cccc(NN)c1)N1CCN(C(=O)O)CC1. The number of rotatable bonds is 3. The highest BCUT2D eigenvalue weighted by Gasteiger charge is 2.21. The molecule has 1 fully saturated rings. The van der Waals surface area contributed by atoms with E-state index >= 15 is 0 Å². The van der Waals surface area contributed by atoms with Crippen molar-refractivity contribution in [1.82, 2.24) is 9.80 Å². The fourth-order valence-corrected chi connectivity index (χ4v) is 2.14. The Balaban J connectivity index is 2.02. The van der Waals surface area contributed by atoms with Crippen molar-refractivity contribution in [3.63, 3.8) is 0 Å². The average Bonchev–Trinajstić information content (AvgIpc) is 2.46. The van der Waals surface area contributed by atoms with Crippen LogP contribution in [0.5, 0.6) is 0 Å². The van der Waals surface area contributed by atoms with Crippen LogP contribution in [-0.2, 0) is 0 Å². The summed E-state index contributed by atoms with van der Waals surface area (Å²) in [6, 6.07) is 7.67. The maximum Gasteiger partial charge on any atom is 0.407 e. The predicted molar refractivity (Wildman–Crippen MR) is 74.5 cm³/mol. The van der Waals surface area contributed by atoms with E-state index in [4.69, 9.17) is 10.9 Å². The maximum absolute atomic E-state index is 10.8. The molecule has 6 heteroatoms. The second-order valence-corrected chi connectivity index (χ2v) is 4.43. The van der Waals surface area contributed by atoms with E-state index in [0.29, 0.717) is 26.2 Å². The van der Waals surface area contributed by atoms with Gasteiger partial charge in [-0.25, -0.2) is 4.79 Å². The van der Waals surface area contributed by atoms with Gasteiger partial charge in [0.15, 0.2) is 0 Å². The maximum atomic E-state index is 10.8. The predicted octanol–water partition coefficient (Wildman–Crippen LogP) is 1.24. The number of piperazine rings is 1. The normalized spacial score (nSPS) is 15.2. The van der Waals surface area contributed by atoms with Gasteiger partial charge in [0.05, 0.1) is 0 Å². The summed E-state index contributed by atoms with van der Waals surface area (Å²) in [6.07, 6.45) is -0.861. The summed E-state index contributed by atoms with van der Waals surface area (Å²) in [5.41, 5.74) is 5.30. The zero-order valence-electron chi connectivity index (χ0n) is 10.7. The summed E-state index contributed by atoms with van der Waals surface area (Å²) in [6.45, 7) is 6.41. The fourth-order valence-electron chi connectivity index (χ4n) is 2.14. The number of nitrogens with two attached hydrogens (primary N) is 1. The number of carbonyl (C=O) groups is 1. The van der Waals surface area contributed by atoms with Crippen molar-refractivity contribution in [3.05, 3.63) is 36.4 Å². The topological polar surface area (TPSA) is 81.8 Å². The fraction of sp³-hybridized carbons (Fsp3) is 0.308. The Morgan fingerprint density at radius 2 is 1.89 bits per heavy atom. The van der Waals surface area contributed by atoms with Crippen LogP contribution in [0.15, 0.2) is 30.8 Å². The molecule has 19 heavy (non-hydrogen) atoms. The number of benzene rings is 1. The van der Waals surface area contributed by atoms with Gasteiger partial charge in [0.25, 0.3) is 0 Å². The van der Waals surface area contributed by atoms with Crippen LogP contribution in [0.3, 0.4) is 0 Å². The number of nitrogen functional groups attached to an aromatic ring is 1. The molecule has 0 aliphatic carbocycles. The van der Waals surface area contributed by atoms with E-state index in [1.165, 1.54) is 4.90 Å². The van der Waals surface area contributed by atoms with Crippen LogP contribution < -0.4 is 11.3 Å². The molecule has 0 unspecified atom stereocenters. The molecule has 2 rings (SSSR count). The lowest BCUT2D eigenvalue weighted by Crippen LogP contribution is -2.47. The largest absolute Gasteiger partial charge is 0.465 e. The van der Waals surface area contributed by atoms with E-state index in [2.05, 4.69) is 16.9 Å². The molecule has 1 aliphatic heterocycles. The quantitative estimate of drug-likeness (QED) is 0.564. The Morgan fingerprint density at radius 3 is 2.47 bits per heavy atom. The molecule has 0 bridgehead atoms. The molecule has 102 valence electrons. The molecule has 1 aromatic rings. The summed E-state index contributed by atoms with van der Waals surface area (Å²) in [5.74, 6) is 5.38. The first kappa shape index (κ1) is 13.2. The molecule has 6 nitrogen and oxygen atoms in total. The molecule has 1 heterocycles. The third kappa shape index (κ3) is 2.97. The van der Waals surface area contributed by atoms with Crippen LogP contribution in [0.25, 0.3) is 5.70 Å². The molecule has 0 aromatic heterocycles. The van der Waals surface area contributed by atoms with Crippen molar-refractivity contribution in [2.24, 2.45) is 5.84 Å². The van der Waals surface area contributed by atoms with Crippen molar-refractivity contribution in [3.8, 4) is 0 Å². The highest BCUT2D eigenvalue weighted by Crippen LogP contribution is 2.21. The highest BCUT2D eigenvalue weighted by atomic mass is 16.4. The second-order valence-electron chi connectivity index (χ2n) is 4.43. The molecule has 4 N–H and O–H groups in total. The molecule has 1 amide bonds. The van der Waals surface area contributed by atoms with Gasteiger partial charge in [-0.05, 0) is 17.7 Å². The lowest BCUT2D eigenvalue weighted by Gasteiger charge is -2.35. The van der Waals surface area contributed by atoms with E-state index in [-0.39, 0.29) is 0 Å². The summed E-state index contributed by atoms with van der Waals surface area (Å²) >= 11 is 0. The van der Waals surface area contributed by atoms with Crippen molar-refractivity contribution in [1.29, 1.82) is 0 Å². The Bertz CT molecular complexity index is 481. The smallest absolute Gasteiger partial charge is 0.407 e. The van der Waals surface area contributed by atoms with Gasteiger partial charge >= 0.3 is 6.09 Å². The van der Waals surface area contributed by atoms with E-state index < -0.39 is 6.09 Å². The molecule has 0 saturated carbocycles. The second kappa shape index (κ2) is 5.62. The molecule has 1 aliphatic rings. The summed E-state index contributed by atoms with van der Waals surface area (Å²) < 4.78 is 0. The minimum absolute atomic E-state index is 0.503. The zero-order valence-corrected chi connectivity index (χ0v) is 10.7. The molecular weight excluding hydrogens is 244 g/mol. The van der Waals surface area contributed by atoms with Gasteiger partial charge < -0.3 is 20.3 Å². The molecular formula is C13H18N4O2. The third-order valence-electron chi connectivity index (χ3n) is 3.29. The third-order valence-corrected chi connectivity index (χ3v) is 3.29. The number of carboxylic acid groups (broad SMARTS) is 1. The lowest BCUT2D eigenvalue weighted by molar-refractivity contribution is 0.122. The van der Waals surface area contributed by atoms with E-state index in [9.17, 15) is 4.79 Å².